The Morgan fingerprint density at radius 1 is 1.39 bits per heavy atom. The summed E-state index contributed by atoms with van der Waals surface area (Å²) >= 11 is 0. The molecular weight excluding hydrogens is 256 g/mol. The molecule has 0 saturated heterocycles. The van der Waals surface area contributed by atoms with Crippen LogP contribution in [0, 0.1) is 0 Å². The maximum atomic E-state index is 11.3. The fourth-order valence-electron chi connectivity index (χ4n) is 1.51. The summed E-state index contributed by atoms with van der Waals surface area (Å²) in [6, 6.07) is 0. The number of aromatic nitrogens is 4. The molecule has 2 N–H and O–H groups in total. The first-order valence-corrected chi connectivity index (χ1v) is 6.96. The third kappa shape index (κ3) is 2.57. The van der Waals surface area contributed by atoms with Crippen molar-refractivity contribution in [2.24, 2.45) is 7.05 Å². The Kier molecular flexibility index (Phi) is 3.43. The Morgan fingerprint density at radius 3 is 2.89 bits per heavy atom. The predicted octanol–water partition coefficient (Wildman–Crippen LogP) is -0.676. The summed E-state index contributed by atoms with van der Waals surface area (Å²) in [6.45, 7) is 0.268. The van der Waals surface area contributed by atoms with Crippen LogP contribution in [0.4, 0.5) is 5.82 Å². The highest BCUT2D eigenvalue weighted by atomic mass is 32.2. The molecule has 0 aliphatic rings. The maximum Gasteiger partial charge on any atom is 0.213 e. The van der Waals surface area contributed by atoms with Gasteiger partial charge < -0.3 is 5.32 Å². The molecule has 9 heteroatoms. The SMILES string of the molecule is CNS(=O)(=O)CCNc1ncnc2c1cnn2C. The highest BCUT2D eigenvalue weighted by Gasteiger charge is 2.09. The smallest absolute Gasteiger partial charge is 0.213 e. The van der Waals surface area contributed by atoms with Gasteiger partial charge in [-0.25, -0.2) is 23.1 Å². The van der Waals surface area contributed by atoms with Crippen molar-refractivity contribution in [3.05, 3.63) is 12.5 Å². The number of hydrogen-bond acceptors (Lipinski definition) is 6. The molecule has 0 bridgehead atoms. The number of sulfonamides is 1. The Labute approximate surface area is 104 Å². The zero-order valence-electron chi connectivity index (χ0n) is 10.1. The van der Waals surface area contributed by atoms with Gasteiger partial charge in [0.1, 0.15) is 12.1 Å². The van der Waals surface area contributed by atoms with Gasteiger partial charge in [-0.05, 0) is 7.05 Å². The van der Waals surface area contributed by atoms with Gasteiger partial charge >= 0.3 is 0 Å². The Morgan fingerprint density at radius 2 is 2.17 bits per heavy atom. The Bertz CT molecular complexity index is 650. The molecule has 0 fully saturated rings. The summed E-state index contributed by atoms with van der Waals surface area (Å²) in [5, 5.41) is 7.81. The number of fused-ring (bicyclic) bond motifs is 1. The molecular formula is C9H14N6O2S. The van der Waals surface area contributed by atoms with E-state index in [0.29, 0.717) is 11.5 Å². The summed E-state index contributed by atoms with van der Waals surface area (Å²) in [5.41, 5.74) is 0.698. The molecule has 98 valence electrons. The average Bonchev–Trinajstić information content (AvgIpc) is 2.72. The number of nitrogens with one attached hydrogen (secondary N) is 2. The van der Waals surface area contributed by atoms with Gasteiger partial charge in [0, 0.05) is 13.6 Å². The lowest BCUT2D eigenvalue weighted by molar-refractivity contribution is 0.588. The van der Waals surface area contributed by atoms with E-state index >= 15 is 0 Å². The monoisotopic (exact) mass is 270 g/mol. The van der Waals surface area contributed by atoms with Crippen LogP contribution in [0.2, 0.25) is 0 Å². The van der Waals surface area contributed by atoms with E-state index in [0.717, 1.165) is 5.39 Å². The molecule has 8 nitrogen and oxygen atoms in total. The van der Waals surface area contributed by atoms with Crippen molar-refractivity contribution in [3.63, 3.8) is 0 Å². The van der Waals surface area contributed by atoms with E-state index in [2.05, 4.69) is 25.1 Å². The van der Waals surface area contributed by atoms with Crippen LogP contribution in [0.15, 0.2) is 12.5 Å². The number of aryl methyl sites for hydroxylation is 1. The van der Waals surface area contributed by atoms with Gasteiger partial charge in [0.25, 0.3) is 0 Å². The van der Waals surface area contributed by atoms with Crippen LogP contribution in [-0.2, 0) is 17.1 Å². The van der Waals surface area contributed by atoms with Gasteiger partial charge in [0.15, 0.2) is 5.65 Å². The molecule has 18 heavy (non-hydrogen) atoms. The van der Waals surface area contributed by atoms with Crippen molar-refractivity contribution < 1.29 is 8.42 Å². The predicted molar refractivity (Wildman–Crippen MR) is 67.6 cm³/mol. The fraction of sp³-hybridized carbons (Fsp3) is 0.444. The van der Waals surface area contributed by atoms with Crippen molar-refractivity contribution in [1.29, 1.82) is 0 Å². The van der Waals surface area contributed by atoms with Crippen molar-refractivity contribution in [3.8, 4) is 0 Å². The Hall–Kier alpha value is -1.74. The van der Waals surface area contributed by atoms with Crippen LogP contribution in [0.3, 0.4) is 0 Å². The second-order valence-electron chi connectivity index (χ2n) is 3.68. The summed E-state index contributed by atoms with van der Waals surface area (Å²) in [5.74, 6) is 0.564. The first-order valence-electron chi connectivity index (χ1n) is 5.31. The highest BCUT2D eigenvalue weighted by Crippen LogP contribution is 2.17. The number of nitrogens with zero attached hydrogens (tertiary/aromatic N) is 4. The molecule has 0 aliphatic heterocycles. The molecule has 0 radical (unpaired) electrons. The minimum absolute atomic E-state index is 0.0186. The zero-order valence-corrected chi connectivity index (χ0v) is 10.9. The van der Waals surface area contributed by atoms with E-state index in [4.69, 9.17) is 0 Å². The second-order valence-corrected chi connectivity index (χ2v) is 5.72. The van der Waals surface area contributed by atoms with Crippen LogP contribution in [0.25, 0.3) is 11.0 Å². The lowest BCUT2D eigenvalue weighted by Gasteiger charge is -2.06. The van der Waals surface area contributed by atoms with Crippen LogP contribution in [0.5, 0.6) is 0 Å². The van der Waals surface area contributed by atoms with Crippen LogP contribution in [-0.4, -0.2) is 47.5 Å². The van der Waals surface area contributed by atoms with Gasteiger partial charge in [0.05, 0.1) is 17.3 Å². The lowest BCUT2D eigenvalue weighted by Crippen LogP contribution is -2.26. The van der Waals surface area contributed by atoms with Crippen molar-refractivity contribution in [1.82, 2.24) is 24.5 Å². The first-order chi connectivity index (χ1) is 8.53. The summed E-state index contributed by atoms with van der Waals surface area (Å²) < 4.78 is 26.4. The van der Waals surface area contributed by atoms with Gasteiger partial charge in [-0.3, -0.25) is 4.68 Å². The van der Waals surface area contributed by atoms with E-state index in [1.54, 1.807) is 17.9 Å². The number of rotatable bonds is 5. The molecule has 0 aliphatic carbocycles. The second kappa shape index (κ2) is 4.86. The minimum Gasteiger partial charge on any atom is -0.368 e. The first kappa shape index (κ1) is 12.7. The molecule has 0 aromatic carbocycles. The molecule has 0 spiro atoms. The van der Waals surface area contributed by atoms with E-state index in [1.165, 1.54) is 13.4 Å². The van der Waals surface area contributed by atoms with E-state index in [1.807, 2.05) is 0 Å². The van der Waals surface area contributed by atoms with Crippen molar-refractivity contribution >= 4 is 26.9 Å². The normalized spacial score (nSPS) is 11.9. The van der Waals surface area contributed by atoms with Crippen LogP contribution in [0.1, 0.15) is 0 Å². The van der Waals surface area contributed by atoms with Crippen molar-refractivity contribution in [2.75, 3.05) is 24.7 Å². The molecule has 0 unspecified atom stereocenters. The highest BCUT2D eigenvalue weighted by molar-refractivity contribution is 7.89. The van der Waals surface area contributed by atoms with E-state index < -0.39 is 10.0 Å². The zero-order chi connectivity index (χ0) is 13.2. The number of hydrogen-bond donors (Lipinski definition) is 2. The molecule has 0 saturated carbocycles. The quantitative estimate of drug-likeness (QED) is 0.746. The molecule has 2 aromatic heterocycles. The topological polar surface area (TPSA) is 102 Å². The molecule has 2 aromatic rings. The summed E-state index contributed by atoms with van der Waals surface area (Å²) in [6.07, 6.45) is 3.06. The van der Waals surface area contributed by atoms with E-state index in [-0.39, 0.29) is 12.3 Å². The van der Waals surface area contributed by atoms with E-state index in [9.17, 15) is 8.42 Å². The summed E-state index contributed by atoms with van der Waals surface area (Å²) in [7, 11) is -0.0439. The minimum atomic E-state index is -3.21. The number of anilines is 1. The third-order valence-electron chi connectivity index (χ3n) is 2.50. The third-order valence-corrected chi connectivity index (χ3v) is 3.87. The molecule has 0 atom stereocenters. The van der Waals surface area contributed by atoms with Crippen LogP contribution >= 0.6 is 0 Å². The van der Waals surface area contributed by atoms with Gasteiger partial charge in [-0.1, -0.05) is 0 Å². The maximum absolute atomic E-state index is 11.3. The lowest BCUT2D eigenvalue weighted by atomic mass is 10.4. The standard InChI is InChI=1S/C9H14N6O2S/c1-10-18(16,17)4-3-11-8-7-5-14-15(2)9(7)13-6-12-8/h5-6,10H,3-4H2,1-2H3,(H,11,12,13). The van der Waals surface area contributed by atoms with Crippen molar-refractivity contribution in [2.45, 2.75) is 0 Å². The summed E-state index contributed by atoms with van der Waals surface area (Å²) in [4.78, 5) is 8.17. The molecule has 2 rings (SSSR count). The van der Waals surface area contributed by atoms with Crippen LogP contribution < -0.4 is 10.0 Å². The molecule has 2 heterocycles. The van der Waals surface area contributed by atoms with Gasteiger partial charge in [-0.2, -0.15) is 5.10 Å². The largest absolute Gasteiger partial charge is 0.368 e. The van der Waals surface area contributed by atoms with Gasteiger partial charge in [-0.15, -0.1) is 0 Å². The molecule has 0 amide bonds. The average molecular weight is 270 g/mol. The fourth-order valence-corrected chi connectivity index (χ4v) is 2.08. The Balaban J connectivity index is 2.13. The van der Waals surface area contributed by atoms with Gasteiger partial charge in [0.2, 0.25) is 10.0 Å².